The number of hydrogen-bond donors (Lipinski definition) is 3. The van der Waals surface area contributed by atoms with Crippen LogP contribution in [0.2, 0.25) is 0 Å². The lowest BCUT2D eigenvalue weighted by Crippen LogP contribution is -2.42. The molecule has 1 unspecified atom stereocenters. The Morgan fingerprint density at radius 2 is 2.29 bits per heavy atom. The second-order valence-corrected chi connectivity index (χ2v) is 3.92. The zero-order valence-electron chi connectivity index (χ0n) is 7.88. The van der Waals surface area contributed by atoms with Crippen LogP contribution in [0.3, 0.4) is 0 Å². The molecule has 0 saturated heterocycles. The molecule has 1 heterocycles. The van der Waals surface area contributed by atoms with E-state index in [1.165, 1.54) is 0 Å². The first-order valence-corrected chi connectivity index (χ1v) is 5.66. The Balaban J connectivity index is 2.40. The quantitative estimate of drug-likeness (QED) is 0.507. The predicted octanol–water partition coefficient (Wildman–Crippen LogP) is -0.631. The first-order chi connectivity index (χ1) is 6.80. The number of carbonyl (C=O) groups is 1. The molecule has 0 aromatic carbocycles. The summed E-state index contributed by atoms with van der Waals surface area (Å²) in [4.78, 5) is 10.8. The summed E-state index contributed by atoms with van der Waals surface area (Å²) in [5, 5.41) is 14.9. The smallest absolute Gasteiger partial charge is 0.321 e. The summed E-state index contributed by atoms with van der Waals surface area (Å²) in [7, 11) is 0. The molecule has 3 N–H and O–H groups in total. The van der Waals surface area contributed by atoms with Gasteiger partial charge in [-0.1, -0.05) is 11.8 Å². The Bertz CT molecular complexity index is 247. The number of nitrogens with one attached hydrogen (secondary N) is 2. The largest absolute Gasteiger partial charge is 0.480 e. The number of carboxylic acids is 1. The molecular weight excluding hydrogens is 200 g/mol. The fraction of sp³-hybridized carbons (Fsp3) is 0.667. The van der Waals surface area contributed by atoms with Gasteiger partial charge in [-0.15, -0.1) is 11.8 Å². The molecule has 78 valence electrons. The fourth-order valence-corrected chi connectivity index (χ4v) is 1.86. The molecule has 4 nitrogen and oxygen atoms in total. The van der Waals surface area contributed by atoms with Gasteiger partial charge in [-0.3, -0.25) is 4.79 Å². The molecule has 14 heavy (non-hydrogen) atoms. The zero-order valence-corrected chi connectivity index (χ0v) is 8.69. The number of aliphatic carboxylic acids is 1. The molecule has 0 amide bonds. The van der Waals surface area contributed by atoms with Gasteiger partial charge < -0.3 is 15.7 Å². The summed E-state index contributed by atoms with van der Waals surface area (Å²) in [5.74, 6) is 6.43. The Kier molecular flexibility index (Phi) is 5.45. The second-order valence-electron chi connectivity index (χ2n) is 2.89. The highest BCUT2D eigenvalue weighted by Gasteiger charge is 2.15. The van der Waals surface area contributed by atoms with Crippen molar-refractivity contribution in [3.8, 4) is 11.8 Å². The summed E-state index contributed by atoms with van der Waals surface area (Å²) in [6.07, 6.45) is 0. The van der Waals surface area contributed by atoms with Crippen molar-refractivity contribution in [2.45, 2.75) is 6.04 Å². The molecule has 0 saturated carbocycles. The lowest BCUT2D eigenvalue weighted by atomic mass is 10.3. The highest BCUT2D eigenvalue weighted by atomic mass is 32.2. The van der Waals surface area contributed by atoms with Crippen LogP contribution >= 0.6 is 11.8 Å². The number of hydrogen-bond acceptors (Lipinski definition) is 4. The Morgan fingerprint density at radius 1 is 1.43 bits per heavy atom. The molecule has 0 bridgehead atoms. The number of thioether (sulfide) groups is 1. The molecule has 1 rings (SSSR count). The van der Waals surface area contributed by atoms with Gasteiger partial charge in [-0.25, -0.2) is 0 Å². The van der Waals surface area contributed by atoms with Gasteiger partial charge in [0.15, 0.2) is 0 Å². The van der Waals surface area contributed by atoms with E-state index in [9.17, 15) is 4.79 Å². The third-order valence-corrected chi connectivity index (χ3v) is 2.71. The van der Waals surface area contributed by atoms with Crippen molar-refractivity contribution in [1.82, 2.24) is 10.6 Å². The van der Waals surface area contributed by atoms with Gasteiger partial charge in [0.1, 0.15) is 6.04 Å². The minimum atomic E-state index is -0.787. The SMILES string of the molecule is O=C(O)C1CSCC#CCNCCN1. The summed E-state index contributed by atoms with van der Waals surface area (Å²) < 4.78 is 0. The fourth-order valence-electron chi connectivity index (χ4n) is 1.04. The molecule has 0 fully saturated rings. The van der Waals surface area contributed by atoms with Gasteiger partial charge in [-0.2, -0.15) is 0 Å². The van der Waals surface area contributed by atoms with Crippen LogP contribution in [-0.2, 0) is 4.79 Å². The van der Waals surface area contributed by atoms with E-state index in [1.54, 1.807) is 11.8 Å². The van der Waals surface area contributed by atoms with Crippen LogP contribution in [0.15, 0.2) is 0 Å². The van der Waals surface area contributed by atoms with Crippen LogP contribution < -0.4 is 10.6 Å². The Labute approximate surface area is 87.8 Å². The minimum Gasteiger partial charge on any atom is -0.480 e. The Hall–Kier alpha value is -0.700. The van der Waals surface area contributed by atoms with Gasteiger partial charge in [0, 0.05) is 18.8 Å². The molecule has 0 radical (unpaired) electrons. The highest BCUT2D eigenvalue weighted by Crippen LogP contribution is 2.02. The van der Waals surface area contributed by atoms with Crippen LogP contribution in [0.25, 0.3) is 0 Å². The first-order valence-electron chi connectivity index (χ1n) is 4.51. The summed E-state index contributed by atoms with van der Waals surface area (Å²) in [5.41, 5.74) is 0. The first kappa shape index (κ1) is 11.4. The molecule has 0 aromatic rings. The topological polar surface area (TPSA) is 61.4 Å². The second kappa shape index (κ2) is 6.71. The van der Waals surface area contributed by atoms with Gasteiger partial charge in [-0.05, 0) is 0 Å². The molecule has 1 aliphatic heterocycles. The van der Waals surface area contributed by atoms with E-state index in [4.69, 9.17) is 5.11 Å². The normalized spacial score (nSPS) is 24.1. The van der Waals surface area contributed by atoms with Crippen molar-refractivity contribution >= 4 is 17.7 Å². The highest BCUT2D eigenvalue weighted by molar-refractivity contribution is 7.99. The maximum Gasteiger partial charge on any atom is 0.321 e. The van der Waals surface area contributed by atoms with E-state index in [0.29, 0.717) is 24.6 Å². The van der Waals surface area contributed by atoms with Crippen molar-refractivity contribution < 1.29 is 9.90 Å². The van der Waals surface area contributed by atoms with Gasteiger partial charge >= 0.3 is 5.97 Å². The molecule has 0 aromatic heterocycles. The van der Waals surface area contributed by atoms with E-state index < -0.39 is 12.0 Å². The van der Waals surface area contributed by atoms with E-state index >= 15 is 0 Å². The maximum absolute atomic E-state index is 10.8. The van der Waals surface area contributed by atoms with Crippen molar-refractivity contribution in [3.63, 3.8) is 0 Å². The van der Waals surface area contributed by atoms with Crippen molar-refractivity contribution in [3.05, 3.63) is 0 Å². The number of rotatable bonds is 1. The average Bonchev–Trinajstić information content (AvgIpc) is 2.21. The molecule has 1 aliphatic rings. The summed E-state index contributed by atoms with van der Waals surface area (Å²) in [6.45, 7) is 2.10. The van der Waals surface area contributed by atoms with E-state index in [1.807, 2.05) is 0 Å². The van der Waals surface area contributed by atoms with Gasteiger partial charge in [0.05, 0.1) is 12.3 Å². The minimum absolute atomic E-state index is 0.457. The van der Waals surface area contributed by atoms with Crippen molar-refractivity contribution in [1.29, 1.82) is 0 Å². The summed E-state index contributed by atoms with van der Waals surface area (Å²) >= 11 is 1.55. The summed E-state index contributed by atoms with van der Waals surface area (Å²) in [6, 6.07) is -0.457. The predicted molar refractivity (Wildman–Crippen MR) is 57.4 cm³/mol. The zero-order chi connectivity index (χ0) is 10.2. The van der Waals surface area contributed by atoms with E-state index in [2.05, 4.69) is 22.5 Å². The molecular formula is C9H14N2O2S. The third kappa shape index (κ3) is 4.51. The van der Waals surface area contributed by atoms with Crippen LogP contribution in [0.5, 0.6) is 0 Å². The van der Waals surface area contributed by atoms with Crippen LogP contribution in [0, 0.1) is 11.8 Å². The van der Waals surface area contributed by atoms with E-state index in [0.717, 1.165) is 6.54 Å². The van der Waals surface area contributed by atoms with Crippen LogP contribution in [0.1, 0.15) is 0 Å². The maximum atomic E-state index is 10.8. The van der Waals surface area contributed by atoms with Crippen LogP contribution in [-0.4, -0.2) is 48.3 Å². The lowest BCUT2D eigenvalue weighted by Gasteiger charge is -2.12. The molecule has 0 spiro atoms. The Morgan fingerprint density at radius 3 is 3.07 bits per heavy atom. The van der Waals surface area contributed by atoms with Crippen LogP contribution in [0.4, 0.5) is 0 Å². The third-order valence-electron chi connectivity index (χ3n) is 1.79. The monoisotopic (exact) mass is 214 g/mol. The van der Waals surface area contributed by atoms with Crippen molar-refractivity contribution in [2.75, 3.05) is 31.1 Å². The average molecular weight is 214 g/mol. The van der Waals surface area contributed by atoms with Gasteiger partial charge in [0.25, 0.3) is 0 Å². The van der Waals surface area contributed by atoms with Gasteiger partial charge in [0.2, 0.25) is 0 Å². The standard InChI is InChI=1S/C9H14N2O2S/c12-9(13)8-7-14-6-2-1-3-10-4-5-11-8/h8,10-11H,3-7H2,(H,12,13). The van der Waals surface area contributed by atoms with Crippen molar-refractivity contribution in [2.24, 2.45) is 0 Å². The number of carboxylic acid groups (broad SMARTS) is 1. The lowest BCUT2D eigenvalue weighted by molar-refractivity contribution is -0.138. The van der Waals surface area contributed by atoms with E-state index in [-0.39, 0.29) is 0 Å². The molecule has 5 heteroatoms. The molecule has 1 atom stereocenters. The molecule has 0 aliphatic carbocycles.